The first-order chi connectivity index (χ1) is 15.5. The predicted molar refractivity (Wildman–Crippen MR) is 132 cm³/mol. The largest absolute Gasteiger partial charge is 0.444 e. The van der Waals surface area contributed by atoms with E-state index in [1.807, 2.05) is 37.3 Å². The van der Waals surface area contributed by atoms with Gasteiger partial charge in [-0.2, -0.15) is 0 Å². The highest BCUT2D eigenvalue weighted by molar-refractivity contribution is 5.90. The van der Waals surface area contributed by atoms with Gasteiger partial charge in [-0.15, -0.1) is 0 Å². The molecule has 0 aliphatic rings. The number of carbonyl (C=O) groups excluding carboxylic acids is 3. The number of nitrogens with zero attached hydrogens (tertiary/aromatic N) is 1. The number of ether oxygens (including phenoxy) is 1. The fourth-order valence-electron chi connectivity index (χ4n) is 3.47. The molecule has 0 aromatic heterocycles. The van der Waals surface area contributed by atoms with Crippen LogP contribution in [0.15, 0.2) is 30.3 Å². The summed E-state index contributed by atoms with van der Waals surface area (Å²) in [5.74, 6) is -0.0638. The Labute approximate surface area is 199 Å². The van der Waals surface area contributed by atoms with Gasteiger partial charge in [0.15, 0.2) is 0 Å². The van der Waals surface area contributed by atoms with Gasteiger partial charge in [-0.25, -0.2) is 4.79 Å². The molecule has 1 rings (SSSR count). The number of nitrogens with one attached hydrogen (secondary N) is 2. The van der Waals surface area contributed by atoms with Gasteiger partial charge in [0.1, 0.15) is 18.2 Å². The first kappa shape index (κ1) is 28.5. The zero-order chi connectivity index (χ0) is 25.0. The van der Waals surface area contributed by atoms with Crippen molar-refractivity contribution in [3.8, 4) is 0 Å². The summed E-state index contributed by atoms with van der Waals surface area (Å²) in [6, 6.07) is 8.36. The lowest BCUT2D eigenvalue weighted by Gasteiger charge is -2.36. The highest BCUT2D eigenvalue weighted by Gasteiger charge is 2.34. The van der Waals surface area contributed by atoms with Crippen molar-refractivity contribution in [3.63, 3.8) is 0 Å². The summed E-state index contributed by atoms with van der Waals surface area (Å²) < 4.78 is 5.27. The molecule has 33 heavy (non-hydrogen) atoms. The summed E-state index contributed by atoms with van der Waals surface area (Å²) in [6.07, 6.45) is 2.84. The number of carbonyl (C=O) groups is 3. The van der Waals surface area contributed by atoms with Crippen molar-refractivity contribution in [2.45, 2.75) is 91.8 Å². The van der Waals surface area contributed by atoms with Crippen LogP contribution in [0.1, 0.15) is 85.8 Å². The Balaban J connectivity index is 3.20. The van der Waals surface area contributed by atoms with Gasteiger partial charge in [0.25, 0.3) is 0 Å². The maximum atomic E-state index is 13.4. The topological polar surface area (TPSA) is 87.7 Å². The van der Waals surface area contributed by atoms with Crippen LogP contribution in [0.3, 0.4) is 0 Å². The molecule has 7 heteroatoms. The van der Waals surface area contributed by atoms with Gasteiger partial charge in [-0.05, 0) is 58.4 Å². The molecule has 0 heterocycles. The minimum atomic E-state index is -0.779. The molecule has 1 aromatic carbocycles. The Bertz CT molecular complexity index is 744. The van der Waals surface area contributed by atoms with Gasteiger partial charge in [-0.3, -0.25) is 9.59 Å². The van der Waals surface area contributed by atoms with E-state index in [4.69, 9.17) is 4.74 Å². The molecule has 3 amide bonds. The average molecular weight is 462 g/mol. The van der Waals surface area contributed by atoms with Crippen molar-refractivity contribution in [3.05, 3.63) is 35.9 Å². The van der Waals surface area contributed by atoms with Crippen LogP contribution in [-0.4, -0.2) is 47.5 Å². The highest BCUT2D eigenvalue weighted by atomic mass is 16.6. The van der Waals surface area contributed by atoms with Crippen LogP contribution in [-0.2, 0) is 14.3 Å². The molecule has 2 unspecified atom stereocenters. The molecule has 0 spiro atoms. The molecule has 0 bridgehead atoms. The predicted octanol–water partition coefficient (Wildman–Crippen LogP) is 4.82. The van der Waals surface area contributed by atoms with E-state index in [-0.39, 0.29) is 24.4 Å². The Morgan fingerprint density at radius 3 is 2.18 bits per heavy atom. The monoisotopic (exact) mass is 461 g/mol. The van der Waals surface area contributed by atoms with Crippen molar-refractivity contribution in [1.82, 2.24) is 15.5 Å². The van der Waals surface area contributed by atoms with E-state index in [0.29, 0.717) is 12.5 Å². The van der Waals surface area contributed by atoms with Gasteiger partial charge in [-0.1, -0.05) is 57.5 Å². The van der Waals surface area contributed by atoms with Crippen LogP contribution < -0.4 is 10.6 Å². The number of unbranched alkanes of at least 4 members (excludes halogenated alkanes) is 1. The van der Waals surface area contributed by atoms with E-state index in [1.54, 1.807) is 25.7 Å². The first-order valence-electron chi connectivity index (χ1n) is 12.1. The van der Waals surface area contributed by atoms with E-state index >= 15 is 0 Å². The number of alkyl carbamates (subject to hydrolysis) is 1. The van der Waals surface area contributed by atoms with E-state index in [2.05, 4.69) is 31.4 Å². The molecule has 0 saturated heterocycles. The minimum Gasteiger partial charge on any atom is -0.444 e. The quantitative estimate of drug-likeness (QED) is 0.437. The summed E-state index contributed by atoms with van der Waals surface area (Å²) >= 11 is 0. The molecular formula is C26H43N3O4. The van der Waals surface area contributed by atoms with Crippen LogP contribution in [0, 0.1) is 5.92 Å². The van der Waals surface area contributed by atoms with Crippen molar-refractivity contribution in [2.75, 3.05) is 13.1 Å². The third-order valence-corrected chi connectivity index (χ3v) is 5.18. The molecule has 0 radical (unpaired) electrons. The van der Waals surface area contributed by atoms with Gasteiger partial charge >= 0.3 is 6.09 Å². The molecule has 2 N–H and O–H groups in total. The molecule has 0 saturated carbocycles. The second-order valence-electron chi connectivity index (χ2n) is 9.93. The van der Waals surface area contributed by atoms with Crippen LogP contribution in [0.4, 0.5) is 4.79 Å². The normalized spacial score (nSPS) is 13.2. The summed E-state index contributed by atoms with van der Waals surface area (Å²) in [4.78, 5) is 40.5. The van der Waals surface area contributed by atoms with E-state index in [9.17, 15) is 14.4 Å². The number of amides is 3. The summed E-state index contributed by atoms with van der Waals surface area (Å²) in [6.45, 7) is 13.9. The smallest absolute Gasteiger partial charge is 0.408 e. The lowest BCUT2D eigenvalue weighted by molar-refractivity contribution is -0.142. The van der Waals surface area contributed by atoms with Crippen molar-refractivity contribution in [2.24, 2.45) is 5.92 Å². The molecule has 0 aliphatic heterocycles. The number of rotatable bonds is 12. The highest BCUT2D eigenvalue weighted by Crippen LogP contribution is 2.26. The maximum Gasteiger partial charge on any atom is 0.408 e. The average Bonchev–Trinajstić information content (AvgIpc) is 2.73. The Morgan fingerprint density at radius 2 is 1.64 bits per heavy atom. The minimum absolute atomic E-state index is 0.192. The van der Waals surface area contributed by atoms with Gasteiger partial charge in [0.05, 0.1) is 0 Å². The second-order valence-corrected chi connectivity index (χ2v) is 9.93. The maximum absolute atomic E-state index is 13.4. The summed E-state index contributed by atoms with van der Waals surface area (Å²) in [7, 11) is 0. The molecule has 2 atom stereocenters. The lowest BCUT2D eigenvalue weighted by Crippen LogP contribution is -2.51. The standard InChI is InChI=1S/C26H43N3O4/c1-8-9-17-27-24(31)23(21-13-11-10-12-14-21)29(20(4)16-15-19(2)3)22(30)18-28-25(32)33-26(5,6)7/h10-14,19-20,23H,8-9,15-18H2,1-7H3,(H,27,31)(H,28,32). The molecule has 0 aliphatic carbocycles. The second kappa shape index (κ2) is 13.9. The Hall–Kier alpha value is -2.57. The number of hydrogen-bond acceptors (Lipinski definition) is 4. The summed E-state index contributed by atoms with van der Waals surface area (Å²) in [5.41, 5.74) is 0.0804. The SMILES string of the molecule is CCCCNC(=O)C(c1ccccc1)N(C(=O)CNC(=O)OC(C)(C)C)C(C)CCC(C)C. The van der Waals surface area contributed by atoms with Crippen LogP contribution >= 0.6 is 0 Å². The van der Waals surface area contributed by atoms with Gasteiger partial charge < -0.3 is 20.3 Å². The van der Waals surface area contributed by atoms with E-state index in [0.717, 1.165) is 31.2 Å². The zero-order valence-electron chi connectivity index (χ0n) is 21.4. The Morgan fingerprint density at radius 1 is 1.00 bits per heavy atom. The molecule has 0 fully saturated rings. The number of hydrogen-bond donors (Lipinski definition) is 2. The van der Waals surface area contributed by atoms with Crippen LogP contribution in [0.25, 0.3) is 0 Å². The lowest BCUT2D eigenvalue weighted by atomic mass is 9.98. The third kappa shape index (κ3) is 10.7. The molecule has 1 aromatic rings. The number of benzene rings is 1. The fourth-order valence-corrected chi connectivity index (χ4v) is 3.47. The van der Waals surface area contributed by atoms with Gasteiger partial charge in [0, 0.05) is 12.6 Å². The fraction of sp³-hybridized carbons (Fsp3) is 0.654. The van der Waals surface area contributed by atoms with Crippen LogP contribution in [0.2, 0.25) is 0 Å². The van der Waals surface area contributed by atoms with Gasteiger partial charge in [0.2, 0.25) is 11.8 Å². The van der Waals surface area contributed by atoms with Crippen molar-refractivity contribution >= 4 is 17.9 Å². The van der Waals surface area contributed by atoms with Crippen molar-refractivity contribution < 1.29 is 19.1 Å². The molecule has 7 nitrogen and oxygen atoms in total. The third-order valence-electron chi connectivity index (χ3n) is 5.18. The van der Waals surface area contributed by atoms with Crippen molar-refractivity contribution in [1.29, 1.82) is 0 Å². The Kier molecular flexibility index (Phi) is 12.0. The molecule has 186 valence electrons. The van der Waals surface area contributed by atoms with E-state index < -0.39 is 17.7 Å². The zero-order valence-corrected chi connectivity index (χ0v) is 21.4. The first-order valence-corrected chi connectivity index (χ1v) is 12.1. The van der Waals surface area contributed by atoms with Crippen LogP contribution in [0.5, 0.6) is 0 Å². The molecular weight excluding hydrogens is 418 g/mol. The summed E-state index contributed by atoms with van der Waals surface area (Å²) in [5, 5.41) is 5.54. The van der Waals surface area contributed by atoms with E-state index in [1.165, 1.54) is 0 Å².